The van der Waals surface area contributed by atoms with Crippen molar-refractivity contribution in [1.29, 1.82) is 0 Å². The van der Waals surface area contributed by atoms with Gasteiger partial charge in [-0.15, -0.1) is 0 Å². The molecular weight excluding hydrogens is 226 g/mol. The Bertz CT molecular complexity index is 401. The third kappa shape index (κ3) is 2.47. The normalized spacial score (nSPS) is 35.0. The van der Waals surface area contributed by atoms with Gasteiger partial charge in [0.2, 0.25) is 0 Å². The Balaban J connectivity index is 1.52. The van der Waals surface area contributed by atoms with E-state index in [1.165, 1.54) is 31.4 Å². The van der Waals surface area contributed by atoms with E-state index >= 15 is 0 Å². The van der Waals surface area contributed by atoms with Crippen molar-refractivity contribution in [2.75, 3.05) is 7.11 Å². The maximum atomic E-state index is 5.90. The highest BCUT2D eigenvalue weighted by atomic mass is 16.5. The third-order valence-electron chi connectivity index (χ3n) is 4.45. The summed E-state index contributed by atoms with van der Waals surface area (Å²) in [6.07, 6.45) is 5.32. The first-order chi connectivity index (χ1) is 8.78. The Hall–Kier alpha value is -0.800. The first-order valence-electron chi connectivity index (χ1n) is 7.12. The number of hydrogen-bond donors (Lipinski definition) is 1. The summed E-state index contributed by atoms with van der Waals surface area (Å²) in [7, 11) is 1.81. The molecule has 0 saturated heterocycles. The van der Waals surface area contributed by atoms with Gasteiger partial charge in [0.25, 0.3) is 0 Å². The Morgan fingerprint density at radius 3 is 2.94 bits per heavy atom. The molecule has 2 saturated carbocycles. The van der Waals surface area contributed by atoms with Gasteiger partial charge in [-0.1, -0.05) is 6.92 Å². The van der Waals surface area contributed by atoms with Gasteiger partial charge in [-0.25, -0.2) is 0 Å². The molecule has 1 aromatic rings. The van der Waals surface area contributed by atoms with Crippen LogP contribution in [0.15, 0.2) is 16.5 Å². The van der Waals surface area contributed by atoms with Crippen molar-refractivity contribution in [3.63, 3.8) is 0 Å². The molecule has 0 spiro atoms. The molecule has 1 heterocycles. The highest BCUT2D eigenvalue weighted by Gasteiger charge is 2.36. The summed E-state index contributed by atoms with van der Waals surface area (Å²) < 4.78 is 11.4. The van der Waals surface area contributed by atoms with Crippen LogP contribution >= 0.6 is 0 Å². The molecule has 2 fully saturated rings. The number of furan rings is 1. The largest absolute Gasteiger partial charge is 0.464 e. The van der Waals surface area contributed by atoms with Crippen molar-refractivity contribution in [3.8, 4) is 0 Å². The minimum Gasteiger partial charge on any atom is -0.464 e. The minimum absolute atomic E-state index is 0.378. The van der Waals surface area contributed by atoms with Crippen molar-refractivity contribution < 1.29 is 9.15 Å². The molecule has 3 nitrogen and oxygen atoms in total. The lowest BCUT2D eigenvalue weighted by molar-refractivity contribution is 0.0841. The van der Waals surface area contributed by atoms with Crippen LogP contribution in [0, 0.1) is 5.92 Å². The van der Waals surface area contributed by atoms with Gasteiger partial charge in [0.1, 0.15) is 11.5 Å². The fourth-order valence-corrected chi connectivity index (χ4v) is 3.08. The summed E-state index contributed by atoms with van der Waals surface area (Å²) in [6.45, 7) is 3.11. The predicted molar refractivity (Wildman–Crippen MR) is 70.5 cm³/mol. The highest BCUT2D eigenvalue weighted by Crippen LogP contribution is 2.47. The first kappa shape index (κ1) is 12.2. The smallest absolute Gasteiger partial charge is 0.117 e. The summed E-state index contributed by atoms with van der Waals surface area (Å²) in [5.74, 6) is 3.72. The molecule has 2 aliphatic carbocycles. The van der Waals surface area contributed by atoms with Gasteiger partial charge in [0, 0.05) is 19.1 Å². The lowest BCUT2D eigenvalue weighted by Crippen LogP contribution is -2.36. The SMILES string of the molecule is COC1CCCC1NCc1ccc(C2CC2C)o1. The van der Waals surface area contributed by atoms with Gasteiger partial charge in [-0.3, -0.25) is 0 Å². The van der Waals surface area contributed by atoms with Crippen molar-refractivity contribution >= 4 is 0 Å². The van der Waals surface area contributed by atoms with Gasteiger partial charge in [0.05, 0.1) is 12.6 Å². The standard InChI is InChI=1S/C15H23NO2/c1-10-8-12(10)14-7-6-11(18-14)9-16-13-4-3-5-15(13)17-2/h6-7,10,12-13,15-16H,3-5,8-9H2,1-2H3. The zero-order chi connectivity index (χ0) is 12.5. The van der Waals surface area contributed by atoms with Crippen LogP contribution in [0.25, 0.3) is 0 Å². The second kappa shape index (κ2) is 5.06. The van der Waals surface area contributed by atoms with Gasteiger partial charge in [-0.2, -0.15) is 0 Å². The molecule has 1 aromatic heterocycles. The quantitative estimate of drug-likeness (QED) is 0.871. The van der Waals surface area contributed by atoms with Crippen LogP contribution in [-0.4, -0.2) is 19.3 Å². The Morgan fingerprint density at radius 2 is 2.22 bits per heavy atom. The molecule has 0 amide bonds. The average Bonchev–Trinajstić information content (AvgIpc) is 2.86. The molecule has 18 heavy (non-hydrogen) atoms. The van der Waals surface area contributed by atoms with E-state index in [1.807, 2.05) is 7.11 Å². The van der Waals surface area contributed by atoms with E-state index in [0.717, 1.165) is 18.2 Å². The molecule has 1 N–H and O–H groups in total. The molecule has 0 bridgehead atoms. The van der Waals surface area contributed by atoms with Crippen molar-refractivity contribution in [2.45, 2.75) is 57.2 Å². The fourth-order valence-electron chi connectivity index (χ4n) is 3.08. The molecule has 2 aliphatic rings. The van der Waals surface area contributed by atoms with E-state index in [4.69, 9.17) is 9.15 Å². The topological polar surface area (TPSA) is 34.4 Å². The van der Waals surface area contributed by atoms with Crippen LogP contribution in [0.4, 0.5) is 0 Å². The number of nitrogens with one attached hydrogen (secondary N) is 1. The Kier molecular flexibility index (Phi) is 3.44. The maximum absolute atomic E-state index is 5.90. The number of ether oxygens (including phenoxy) is 1. The molecular formula is C15H23NO2. The predicted octanol–water partition coefficient (Wildman–Crippen LogP) is 3.06. The van der Waals surface area contributed by atoms with Crippen molar-refractivity contribution in [3.05, 3.63) is 23.7 Å². The summed E-state index contributed by atoms with van der Waals surface area (Å²) >= 11 is 0. The monoisotopic (exact) mass is 249 g/mol. The molecule has 4 atom stereocenters. The molecule has 0 radical (unpaired) electrons. The van der Waals surface area contributed by atoms with E-state index in [0.29, 0.717) is 18.1 Å². The minimum atomic E-state index is 0.378. The van der Waals surface area contributed by atoms with E-state index in [1.54, 1.807) is 0 Å². The zero-order valence-corrected chi connectivity index (χ0v) is 11.3. The Morgan fingerprint density at radius 1 is 1.39 bits per heavy atom. The number of methoxy groups -OCH3 is 1. The summed E-state index contributed by atoms with van der Waals surface area (Å²) in [5.41, 5.74) is 0. The maximum Gasteiger partial charge on any atom is 0.117 e. The number of hydrogen-bond acceptors (Lipinski definition) is 3. The van der Waals surface area contributed by atoms with E-state index in [9.17, 15) is 0 Å². The number of rotatable bonds is 5. The first-order valence-corrected chi connectivity index (χ1v) is 7.12. The molecule has 0 aromatic carbocycles. The molecule has 3 rings (SSSR count). The van der Waals surface area contributed by atoms with Crippen molar-refractivity contribution in [2.24, 2.45) is 5.92 Å². The molecule has 4 unspecified atom stereocenters. The van der Waals surface area contributed by atoms with Crippen LogP contribution in [0.2, 0.25) is 0 Å². The zero-order valence-electron chi connectivity index (χ0n) is 11.3. The van der Waals surface area contributed by atoms with Gasteiger partial charge in [0.15, 0.2) is 0 Å². The van der Waals surface area contributed by atoms with Crippen LogP contribution in [0.1, 0.15) is 50.0 Å². The van der Waals surface area contributed by atoms with E-state index < -0.39 is 0 Å². The second-order valence-electron chi connectivity index (χ2n) is 5.82. The summed E-state index contributed by atoms with van der Waals surface area (Å²) in [5, 5.41) is 3.56. The van der Waals surface area contributed by atoms with Crippen LogP contribution in [-0.2, 0) is 11.3 Å². The average molecular weight is 249 g/mol. The lowest BCUT2D eigenvalue weighted by Gasteiger charge is -2.18. The van der Waals surface area contributed by atoms with Gasteiger partial charge in [-0.05, 0) is 43.7 Å². The summed E-state index contributed by atoms with van der Waals surface area (Å²) in [6, 6.07) is 4.75. The van der Waals surface area contributed by atoms with Gasteiger partial charge >= 0.3 is 0 Å². The van der Waals surface area contributed by atoms with Gasteiger partial charge < -0.3 is 14.5 Å². The summed E-state index contributed by atoms with van der Waals surface area (Å²) in [4.78, 5) is 0. The highest BCUT2D eigenvalue weighted by molar-refractivity contribution is 5.17. The lowest BCUT2D eigenvalue weighted by atomic mass is 10.2. The van der Waals surface area contributed by atoms with Crippen LogP contribution < -0.4 is 5.32 Å². The molecule has 100 valence electrons. The van der Waals surface area contributed by atoms with E-state index in [2.05, 4.69) is 24.4 Å². The van der Waals surface area contributed by atoms with Crippen LogP contribution in [0.5, 0.6) is 0 Å². The molecule has 3 heteroatoms. The van der Waals surface area contributed by atoms with Crippen LogP contribution in [0.3, 0.4) is 0 Å². The Labute approximate surface area is 109 Å². The van der Waals surface area contributed by atoms with Crippen molar-refractivity contribution in [1.82, 2.24) is 5.32 Å². The third-order valence-corrected chi connectivity index (χ3v) is 4.45. The molecule has 0 aliphatic heterocycles. The fraction of sp³-hybridized carbons (Fsp3) is 0.733. The second-order valence-corrected chi connectivity index (χ2v) is 5.82. The van der Waals surface area contributed by atoms with E-state index in [-0.39, 0.29) is 0 Å².